The Balaban J connectivity index is 1.25. The van der Waals surface area contributed by atoms with Crippen molar-refractivity contribution < 1.29 is 13.7 Å². The third kappa shape index (κ3) is 4.30. The van der Waals surface area contributed by atoms with Crippen molar-refractivity contribution in [3.05, 3.63) is 70.7 Å². The minimum Gasteiger partial charge on any atom is -0.421 e. The van der Waals surface area contributed by atoms with E-state index >= 15 is 0 Å². The van der Waals surface area contributed by atoms with E-state index in [2.05, 4.69) is 20.5 Å². The van der Waals surface area contributed by atoms with Crippen LogP contribution in [0.1, 0.15) is 45.5 Å². The normalized spacial score (nSPS) is 16.0. The molecule has 170 valence electrons. The summed E-state index contributed by atoms with van der Waals surface area (Å²) in [6.07, 6.45) is 1.51. The summed E-state index contributed by atoms with van der Waals surface area (Å²) in [6, 6.07) is 11.7. The zero-order chi connectivity index (χ0) is 22.9. The lowest BCUT2D eigenvalue weighted by atomic mass is 10.1. The highest BCUT2D eigenvalue weighted by atomic mass is 16.5. The number of carbonyl (C=O) groups is 1. The van der Waals surface area contributed by atoms with Crippen LogP contribution in [0.2, 0.25) is 0 Å². The van der Waals surface area contributed by atoms with E-state index in [1.807, 2.05) is 66.8 Å². The number of aromatic nitrogens is 5. The Hall–Kier alpha value is -3.75. The van der Waals surface area contributed by atoms with Crippen LogP contribution in [0, 0.1) is 26.7 Å². The van der Waals surface area contributed by atoms with E-state index in [4.69, 9.17) is 8.94 Å². The first kappa shape index (κ1) is 21.1. The maximum Gasteiger partial charge on any atom is 0.276 e. The third-order valence-corrected chi connectivity index (χ3v) is 6.12. The van der Waals surface area contributed by atoms with Gasteiger partial charge in [0, 0.05) is 36.3 Å². The maximum absolute atomic E-state index is 13.3. The number of likely N-dealkylation sites (tertiary alicyclic amines) is 1. The molecule has 1 aliphatic rings. The van der Waals surface area contributed by atoms with E-state index in [0.717, 1.165) is 28.9 Å². The molecule has 1 amide bonds. The summed E-state index contributed by atoms with van der Waals surface area (Å²) in [5.41, 5.74) is 4.01. The monoisotopic (exact) mass is 446 g/mol. The molecule has 1 aliphatic heterocycles. The molecule has 1 saturated heterocycles. The van der Waals surface area contributed by atoms with E-state index in [1.165, 1.54) is 0 Å². The third-order valence-electron chi connectivity index (χ3n) is 6.12. The Morgan fingerprint density at radius 3 is 2.73 bits per heavy atom. The molecule has 1 fully saturated rings. The summed E-state index contributed by atoms with van der Waals surface area (Å²) in [6.45, 7) is 7.51. The van der Waals surface area contributed by atoms with Gasteiger partial charge in [0.15, 0.2) is 5.69 Å². The summed E-state index contributed by atoms with van der Waals surface area (Å²) >= 11 is 0. The van der Waals surface area contributed by atoms with E-state index in [0.29, 0.717) is 49.3 Å². The van der Waals surface area contributed by atoms with Crippen LogP contribution in [0.3, 0.4) is 0 Å². The lowest BCUT2D eigenvalue weighted by Crippen LogP contribution is -2.30. The molecular weight excluding hydrogens is 420 g/mol. The average Bonchev–Trinajstić information content (AvgIpc) is 3.59. The summed E-state index contributed by atoms with van der Waals surface area (Å²) < 4.78 is 13.1. The van der Waals surface area contributed by atoms with Gasteiger partial charge >= 0.3 is 0 Å². The molecule has 33 heavy (non-hydrogen) atoms. The number of hydrogen-bond acceptors (Lipinski definition) is 7. The lowest BCUT2D eigenvalue weighted by molar-refractivity contribution is 0.0775. The average molecular weight is 447 g/mol. The van der Waals surface area contributed by atoms with E-state index < -0.39 is 0 Å². The molecule has 0 aliphatic carbocycles. The number of nitrogens with zero attached hydrogens (tertiary/aromatic N) is 6. The van der Waals surface area contributed by atoms with Crippen LogP contribution in [-0.4, -0.2) is 49.0 Å². The Labute approximate surface area is 191 Å². The summed E-state index contributed by atoms with van der Waals surface area (Å²) in [7, 11) is 0. The predicted octanol–water partition coefficient (Wildman–Crippen LogP) is 3.60. The highest BCUT2D eigenvalue weighted by molar-refractivity contribution is 5.94. The van der Waals surface area contributed by atoms with Gasteiger partial charge in [-0.1, -0.05) is 23.4 Å². The van der Waals surface area contributed by atoms with Crippen molar-refractivity contribution in [2.75, 3.05) is 13.1 Å². The van der Waals surface area contributed by atoms with Gasteiger partial charge < -0.3 is 13.8 Å². The van der Waals surface area contributed by atoms with Gasteiger partial charge in [0.2, 0.25) is 11.8 Å². The number of benzene rings is 1. The zero-order valence-corrected chi connectivity index (χ0v) is 19.0. The first-order valence-electron chi connectivity index (χ1n) is 11.1. The molecule has 3 aromatic heterocycles. The predicted molar refractivity (Wildman–Crippen MR) is 119 cm³/mol. The van der Waals surface area contributed by atoms with Gasteiger partial charge in [0.1, 0.15) is 5.76 Å². The fraction of sp³-hybridized carbons (Fsp3) is 0.375. The topological polar surface area (TPSA) is 103 Å². The fourth-order valence-electron chi connectivity index (χ4n) is 4.34. The fourth-order valence-corrected chi connectivity index (χ4v) is 4.34. The molecule has 4 heterocycles. The smallest absolute Gasteiger partial charge is 0.276 e. The van der Waals surface area contributed by atoms with Crippen LogP contribution >= 0.6 is 0 Å². The molecule has 1 aromatic carbocycles. The Kier molecular flexibility index (Phi) is 5.53. The molecule has 0 N–H and O–H groups in total. The summed E-state index contributed by atoms with van der Waals surface area (Å²) in [4.78, 5) is 15.1. The minimum absolute atomic E-state index is 0.110. The first-order chi connectivity index (χ1) is 16.0. The van der Waals surface area contributed by atoms with Crippen molar-refractivity contribution >= 4 is 5.91 Å². The van der Waals surface area contributed by atoms with E-state index in [9.17, 15) is 4.79 Å². The van der Waals surface area contributed by atoms with Gasteiger partial charge in [-0.3, -0.25) is 9.48 Å². The molecule has 1 unspecified atom stereocenters. The van der Waals surface area contributed by atoms with Gasteiger partial charge in [-0.05, 0) is 51.3 Å². The minimum atomic E-state index is -0.110. The number of aryl methyl sites for hydroxylation is 3. The van der Waals surface area contributed by atoms with Crippen molar-refractivity contribution in [3.8, 4) is 11.5 Å². The molecule has 9 nitrogen and oxygen atoms in total. The largest absolute Gasteiger partial charge is 0.421 e. The van der Waals surface area contributed by atoms with Crippen molar-refractivity contribution in [1.29, 1.82) is 0 Å². The Morgan fingerprint density at radius 2 is 1.97 bits per heavy atom. The quantitative estimate of drug-likeness (QED) is 0.446. The molecule has 1 atom stereocenters. The number of carbonyl (C=O) groups excluding carboxylic acids is 1. The van der Waals surface area contributed by atoms with Crippen LogP contribution in [-0.2, 0) is 13.0 Å². The second kappa shape index (κ2) is 8.65. The SMILES string of the molecule is Cc1cc(C)n(Cc2c(C(=O)N3CCC(Cc4nnc(-c5ccccc5)o4)C3)noc2C)n1. The van der Waals surface area contributed by atoms with Gasteiger partial charge in [-0.15, -0.1) is 10.2 Å². The van der Waals surface area contributed by atoms with Crippen molar-refractivity contribution in [1.82, 2.24) is 30.0 Å². The highest BCUT2D eigenvalue weighted by Gasteiger charge is 2.32. The van der Waals surface area contributed by atoms with Crippen molar-refractivity contribution in [2.45, 2.75) is 40.2 Å². The highest BCUT2D eigenvalue weighted by Crippen LogP contribution is 2.26. The van der Waals surface area contributed by atoms with Crippen molar-refractivity contribution in [2.24, 2.45) is 5.92 Å². The van der Waals surface area contributed by atoms with Crippen LogP contribution in [0.5, 0.6) is 0 Å². The number of hydrogen-bond donors (Lipinski definition) is 0. The maximum atomic E-state index is 13.3. The van der Waals surface area contributed by atoms with Crippen molar-refractivity contribution in [3.63, 3.8) is 0 Å². The first-order valence-corrected chi connectivity index (χ1v) is 11.1. The van der Waals surface area contributed by atoms with Gasteiger partial charge in [0.25, 0.3) is 5.91 Å². The van der Waals surface area contributed by atoms with Crippen LogP contribution < -0.4 is 0 Å². The lowest BCUT2D eigenvalue weighted by Gasteiger charge is -2.15. The molecule has 0 saturated carbocycles. The Morgan fingerprint density at radius 1 is 1.15 bits per heavy atom. The van der Waals surface area contributed by atoms with Crippen LogP contribution in [0.25, 0.3) is 11.5 Å². The van der Waals surface area contributed by atoms with E-state index in [-0.39, 0.29) is 11.8 Å². The Bertz CT molecular complexity index is 1270. The molecule has 0 spiro atoms. The molecule has 9 heteroatoms. The second-order valence-corrected chi connectivity index (χ2v) is 8.63. The van der Waals surface area contributed by atoms with Gasteiger partial charge in [0.05, 0.1) is 12.2 Å². The van der Waals surface area contributed by atoms with Crippen LogP contribution in [0.4, 0.5) is 0 Å². The molecule has 4 aromatic rings. The molecular formula is C24H26N6O3. The van der Waals surface area contributed by atoms with E-state index in [1.54, 1.807) is 0 Å². The number of amides is 1. The summed E-state index contributed by atoms with van der Waals surface area (Å²) in [5.74, 6) is 1.90. The van der Waals surface area contributed by atoms with Crippen LogP contribution in [0.15, 0.2) is 45.3 Å². The zero-order valence-electron chi connectivity index (χ0n) is 19.0. The van der Waals surface area contributed by atoms with Gasteiger partial charge in [-0.25, -0.2) is 0 Å². The molecule has 5 rings (SSSR count). The standard InChI is InChI=1S/C24H26N6O3/c1-15-11-16(2)30(27-15)14-20-17(3)33-28-22(20)24(31)29-10-9-18(13-29)12-21-25-26-23(32-21)19-7-5-4-6-8-19/h4-8,11,18H,9-10,12-14H2,1-3H3. The second-order valence-electron chi connectivity index (χ2n) is 8.63. The number of rotatable bonds is 6. The van der Waals surface area contributed by atoms with Gasteiger partial charge in [-0.2, -0.15) is 5.10 Å². The molecule has 0 radical (unpaired) electrons. The molecule has 0 bridgehead atoms. The summed E-state index contributed by atoms with van der Waals surface area (Å²) in [5, 5.41) is 17.0.